The summed E-state index contributed by atoms with van der Waals surface area (Å²) in [4.78, 5) is 0.105. The number of nitrogens with one attached hydrogen (secondary N) is 1. The zero-order valence-corrected chi connectivity index (χ0v) is 22.1. The molecule has 0 saturated heterocycles. The second kappa shape index (κ2) is 13.7. The van der Waals surface area contributed by atoms with E-state index in [1.54, 1.807) is 74.9 Å². The van der Waals surface area contributed by atoms with Crippen LogP contribution in [0.5, 0.6) is 11.5 Å². The van der Waals surface area contributed by atoms with Crippen LogP contribution in [0.4, 0.5) is 0 Å². The molecule has 0 aliphatic heterocycles. The van der Waals surface area contributed by atoms with Crippen molar-refractivity contribution >= 4 is 19.7 Å². The number of ether oxygens (including phenoxy) is 2. The van der Waals surface area contributed by atoms with Gasteiger partial charge in [-0.15, -0.1) is 12.1 Å². The third-order valence-corrected chi connectivity index (χ3v) is 6.19. The molecule has 0 saturated carbocycles. The summed E-state index contributed by atoms with van der Waals surface area (Å²) in [7, 11) is 3.74. The van der Waals surface area contributed by atoms with Crippen LogP contribution in [0.1, 0.15) is 28.8 Å². The number of sulfonamides is 1. The van der Waals surface area contributed by atoms with Crippen LogP contribution in [0, 0.1) is 14.4 Å². The summed E-state index contributed by atoms with van der Waals surface area (Å²) in [6.45, 7) is 1.89. The van der Waals surface area contributed by atoms with Gasteiger partial charge in [-0.2, -0.15) is 0 Å². The average molecular weight is 576 g/mol. The summed E-state index contributed by atoms with van der Waals surface area (Å²) in [5.41, 5.74) is 11.0. The van der Waals surface area contributed by atoms with E-state index in [1.807, 2.05) is 24.2 Å². The van der Waals surface area contributed by atoms with E-state index < -0.39 is 22.1 Å². The molecule has 1 N–H and O–H groups in total. The minimum absolute atomic E-state index is 0. The number of hydrogen-bond donors (Lipinski definition) is 0. The molecule has 3 aromatic rings. The van der Waals surface area contributed by atoms with E-state index in [0.717, 1.165) is 5.56 Å². The summed E-state index contributed by atoms with van der Waals surface area (Å²) in [6, 6.07) is 18.6. The van der Waals surface area contributed by atoms with Gasteiger partial charge in [-0.25, -0.2) is 8.42 Å². The van der Waals surface area contributed by atoms with Gasteiger partial charge in [0.1, 0.15) is 21.5 Å². The van der Waals surface area contributed by atoms with E-state index >= 15 is 0 Å². The molecule has 0 aromatic heterocycles. The van der Waals surface area contributed by atoms with Gasteiger partial charge in [-0.3, -0.25) is 0 Å². The SMILES string of the molecule is COc1ccc(C([N-]S(=O)(=O)c2ccc(C)cc2)[C@@H]([NH-])c2ccc(OC)cc2)cc1.[CH3-].[Cl][Ru+3]. The van der Waals surface area contributed by atoms with Crippen molar-refractivity contribution in [1.82, 2.24) is 0 Å². The quantitative estimate of drug-likeness (QED) is 0.219. The van der Waals surface area contributed by atoms with Gasteiger partial charge in [0.05, 0.1) is 14.2 Å². The van der Waals surface area contributed by atoms with Crippen LogP contribution in [0.3, 0.4) is 0 Å². The Kier molecular flexibility index (Phi) is 12.1. The van der Waals surface area contributed by atoms with Crippen LogP contribution in [0.25, 0.3) is 10.5 Å². The Balaban J connectivity index is 0.00000177. The van der Waals surface area contributed by atoms with Crippen LogP contribution in [0.2, 0.25) is 0 Å². The zero-order chi connectivity index (χ0) is 23.7. The second-order valence-electron chi connectivity index (χ2n) is 6.86. The first-order valence-corrected chi connectivity index (χ1v) is 13.2. The van der Waals surface area contributed by atoms with E-state index in [-0.39, 0.29) is 12.3 Å². The van der Waals surface area contributed by atoms with Gasteiger partial charge in [0, 0.05) is 4.90 Å². The predicted octanol–water partition coefficient (Wildman–Crippen LogP) is 6.75. The monoisotopic (exact) mass is 576 g/mol. The van der Waals surface area contributed by atoms with Gasteiger partial charge < -0.3 is 27.4 Å². The van der Waals surface area contributed by atoms with Crippen molar-refractivity contribution in [3.63, 3.8) is 0 Å². The standard InChI is InChI=1S/C23H24N2O4S.CH3.ClH.Ru/c1-16-4-14-21(15-5-16)30(26,27)25-23(18-8-12-20(29-3)13-9-18)22(24)17-6-10-19(28-2)11-7-17;;;/h4-15,22-24H,1-3H3;1H3;1H;/q-2;-1;;+4/p-1/t22-,23?;;;/m0.../s1. The van der Waals surface area contributed by atoms with E-state index in [0.29, 0.717) is 22.6 Å². The normalized spacial score (nSPS) is 12.4. The third-order valence-electron chi connectivity index (χ3n) is 4.82. The number of halogens is 1. The number of benzene rings is 3. The van der Waals surface area contributed by atoms with Crippen LogP contribution in [0.15, 0.2) is 77.7 Å². The van der Waals surface area contributed by atoms with Crippen LogP contribution >= 0.6 is 9.69 Å². The van der Waals surface area contributed by atoms with Crippen molar-refractivity contribution in [2.75, 3.05) is 14.2 Å². The topological polar surface area (TPSA) is 90.5 Å². The maximum absolute atomic E-state index is 13.0. The fourth-order valence-corrected chi connectivity index (χ4v) is 4.17. The van der Waals surface area contributed by atoms with Crippen LogP contribution in [-0.4, -0.2) is 22.6 Å². The molecule has 1 unspecified atom stereocenters. The number of methoxy groups -OCH3 is 2. The fourth-order valence-electron chi connectivity index (χ4n) is 3.03. The molecule has 9 heteroatoms. The number of rotatable bonds is 8. The van der Waals surface area contributed by atoms with Crippen LogP contribution < -0.4 is 9.47 Å². The molecule has 0 spiro atoms. The Bertz CT molecular complexity index is 1080. The van der Waals surface area contributed by atoms with Crippen molar-refractivity contribution in [2.24, 2.45) is 0 Å². The van der Waals surface area contributed by atoms with Gasteiger partial charge in [-0.1, -0.05) is 53.1 Å². The van der Waals surface area contributed by atoms with Crippen LogP contribution in [-0.2, 0) is 27.3 Å². The van der Waals surface area contributed by atoms with Crippen molar-refractivity contribution in [3.05, 3.63) is 107 Å². The van der Waals surface area contributed by atoms with E-state index in [9.17, 15) is 8.42 Å². The van der Waals surface area contributed by atoms with Gasteiger partial charge in [0.15, 0.2) is 0 Å². The molecule has 0 aliphatic rings. The van der Waals surface area contributed by atoms with Gasteiger partial charge in [0.2, 0.25) is 0 Å². The summed E-state index contributed by atoms with van der Waals surface area (Å²) >= 11 is 1.82. The Morgan fingerprint density at radius 3 is 1.67 bits per heavy atom. The van der Waals surface area contributed by atoms with Gasteiger partial charge in [0.25, 0.3) is 0 Å². The Morgan fingerprint density at radius 1 is 0.818 bits per heavy atom. The Labute approximate surface area is 211 Å². The Hall–Kier alpha value is -1.96. The molecule has 178 valence electrons. The molecule has 33 heavy (non-hydrogen) atoms. The molecule has 0 heterocycles. The maximum atomic E-state index is 13.0. The zero-order valence-electron chi connectivity index (χ0n) is 18.8. The molecule has 3 rings (SSSR count). The first kappa shape index (κ1) is 29.1. The van der Waals surface area contributed by atoms with Crippen molar-refractivity contribution in [3.8, 4) is 11.5 Å². The molecule has 0 amide bonds. The van der Waals surface area contributed by atoms with Crippen molar-refractivity contribution < 1.29 is 35.2 Å². The van der Waals surface area contributed by atoms with Gasteiger partial charge in [-0.05, 0) is 43.3 Å². The predicted molar refractivity (Wildman–Crippen MR) is 130 cm³/mol. The third kappa shape index (κ3) is 7.80. The second-order valence-corrected chi connectivity index (χ2v) is 8.49. The number of hydrogen-bond acceptors (Lipinski definition) is 4. The minimum atomic E-state index is -3.96. The molecular weight excluding hydrogens is 549 g/mol. The van der Waals surface area contributed by atoms with E-state index in [2.05, 4.69) is 14.4 Å². The molecule has 0 aliphatic carbocycles. The molecule has 0 bridgehead atoms. The van der Waals surface area contributed by atoms with Gasteiger partial charge >= 0.3 is 27.0 Å². The molecule has 6 nitrogen and oxygen atoms in total. The summed E-state index contributed by atoms with van der Waals surface area (Å²) < 4.78 is 40.5. The summed E-state index contributed by atoms with van der Waals surface area (Å²) in [5.74, 6) is 1.31. The molecule has 2 atom stereocenters. The van der Waals surface area contributed by atoms with Crippen molar-refractivity contribution in [2.45, 2.75) is 23.9 Å². The average Bonchev–Trinajstić information content (AvgIpc) is 2.84. The first-order chi connectivity index (χ1) is 15.3. The fraction of sp³-hybridized carbons (Fsp3) is 0.208. The Morgan fingerprint density at radius 2 is 1.24 bits per heavy atom. The van der Waals surface area contributed by atoms with E-state index in [4.69, 9.17) is 15.2 Å². The molecule has 0 radical (unpaired) electrons. The molecule has 3 aromatic carbocycles. The molecule has 0 fully saturated rings. The first-order valence-electron chi connectivity index (χ1n) is 9.50. The summed E-state index contributed by atoms with van der Waals surface area (Å²) in [5, 5.41) is 0. The number of nitrogens with zero attached hydrogens (tertiary/aromatic N) is 1. The summed E-state index contributed by atoms with van der Waals surface area (Å²) in [6.07, 6.45) is 0. The number of aryl methyl sites for hydroxylation is 1. The molecular formula is C24H27ClN2O4RuS. The van der Waals surface area contributed by atoms with E-state index in [1.165, 1.54) is 12.1 Å². The van der Waals surface area contributed by atoms with Crippen molar-refractivity contribution in [1.29, 1.82) is 0 Å².